The molecule has 2 aromatic rings. The lowest BCUT2D eigenvalue weighted by Gasteiger charge is -2.33. The second-order valence-electron chi connectivity index (χ2n) is 8.12. The van der Waals surface area contributed by atoms with Crippen LogP contribution in [0.3, 0.4) is 0 Å². The highest BCUT2D eigenvalue weighted by molar-refractivity contribution is 5.92. The molecule has 2 atom stereocenters. The summed E-state index contributed by atoms with van der Waals surface area (Å²) >= 11 is 0. The van der Waals surface area contributed by atoms with Crippen LogP contribution in [0.5, 0.6) is 0 Å². The Morgan fingerprint density at radius 1 is 1.25 bits per heavy atom. The molecule has 172 valence electrons. The van der Waals surface area contributed by atoms with Gasteiger partial charge in [0.05, 0.1) is 6.17 Å². The van der Waals surface area contributed by atoms with Crippen LogP contribution in [0.1, 0.15) is 31.0 Å². The van der Waals surface area contributed by atoms with E-state index in [1.54, 1.807) is 6.92 Å². The van der Waals surface area contributed by atoms with E-state index in [-0.39, 0.29) is 12.1 Å². The summed E-state index contributed by atoms with van der Waals surface area (Å²) in [6.07, 6.45) is 8.01. The van der Waals surface area contributed by atoms with Crippen molar-refractivity contribution in [2.75, 3.05) is 25.0 Å². The lowest BCUT2D eigenvalue weighted by molar-refractivity contribution is 0.196. The minimum Gasteiger partial charge on any atom is -0.459 e. The van der Waals surface area contributed by atoms with Gasteiger partial charge in [-0.05, 0) is 75.5 Å². The average Bonchev–Trinajstić information content (AvgIpc) is 2.79. The lowest BCUT2D eigenvalue weighted by atomic mass is 10.0. The van der Waals surface area contributed by atoms with Crippen molar-refractivity contribution in [2.24, 2.45) is 11.5 Å². The van der Waals surface area contributed by atoms with Gasteiger partial charge in [0.25, 0.3) is 0 Å². The van der Waals surface area contributed by atoms with Gasteiger partial charge in [-0.1, -0.05) is 12.1 Å². The maximum absolute atomic E-state index is 7.94. The number of aromatic nitrogens is 1. The zero-order valence-electron chi connectivity index (χ0n) is 18.7. The Balaban J connectivity index is 1.37. The number of hydrogen-bond donors (Lipinski definition) is 5. The monoisotopic (exact) mass is 437 g/mol. The van der Waals surface area contributed by atoms with Crippen molar-refractivity contribution >= 4 is 11.6 Å². The van der Waals surface area contributed by atoms with Crippen molar-refractivity contribution in [1.29, 1.82) is 5.41 Å². The second kappa shape index (κ2) is 12.3. The Kier molecular flexibility index (Phi) is 9.18. The summed E-state index contributed by atoms with van der Waals surface area (Å²) in [6.45, 7) is 4.88. The van der Waals surface area contributed by atoms with Gasteiger partial charge in [0, 0.05) is 42.1 Å². The third kappa shape index (κ3) is 8.05. The van der Waals surface area contributed by atoms with E-state index >= 15 is 0 Å². The molecule has 2 unspecified atom stereocenters. The van der Waals surface area contributed by atoms with Crippen LogP contribution in [0, 0.1) is 5.41 Å². The van der Waals surface area contributed by atoms with Gasteiger partial charge in [-0.3, -0.25) is 21.4 Å². The predicted octanol–water partition coefficient (Wildman–Crippen LogP) is 2.24. The summed E-state index contributed by atoms with van der Waals surface area (Å²) in [5.74, 6) is 0.0531. The molecule has 8 heteroatoms. The highest BCUT2D eigenvalue weighted by Crippen LogP contribution is 2.13. The molecule has 0 radical (unpaired) electrons. The smallest absolute Gasteiger partial charge is 0.214 e. The number of likely N-dealkylation sites (tertiary alicyclic amines) is 1. The molecule has 7 N–H and O–H groups in total. The predicted molar refractivity (Wildman–Crippen MR) is 129 cm³/mol. The van der Waals surface area contributed by atoms with Gasteiger partial charge < -0.3 is 20.7 Å². The maximum atomic E-state index is 7.94. The first-order valence-electron chi connectivity index (χ1n) is 11.2. The van der Waals surface area contributed by atoms with Crippen LogP contribution in [-0.4, -0.2) is 53.9 Å². The van der Waals surface area contributed by atoms with Crippen molar-refractivity contribution in [3.63, 3.8) is 0 Å². The number of benzene rings is 1. The van der Waals surface area contributed by atoms with Crippen LogP contribution in [-0.2, 0) is 11.2 Å². The number of nitrogens with two attached hydrogens (primary N) is 2. The Morgan fingerprint density at radius 3 is 2.78 bits per heavy atom. The summed E-state index contributed by atoms with van der Waals surface area (Å²) in [4.78, 5) is 6.90. The molecule has 1 aromatic carbocycles. The molecule has 0 bridgehead atoms. The van der Waals surface area contributed by atoms with E-state index in [4.69, 9.17) is 21.6 Å². The van der Waals surface area contributed by atoms with Gasteiger partial charge in [0.1, 0.15) is 6.23 Å². The molecule has 0 aliphatic carbocycles. The van der Waals surface area contributed by atoms with Gasteiger partial charge >= 0.3 is 0 Å². The van der Waals surface area contributed by atoms with Crippen LogP contribution in [0.4, 0.5) is 5.69 Å². The number of pyridine rings is 1. The highest BCUT2D eigenvalue weighted by Gasteiger charge is 2.19. The van der Waals surface area contributed by atoms with E-state index in [0.717, 1.165) is 50.3 Å². The molecule has 2 heterocycles. The maximum Gasteiger partial charge on any atom is 0.214 e. The SMILES string of the molecule is CC(N)OC(=N)c1cccc(N/C=C\C(N)NC2CCN(CCc3ccccn3)CC2)c1. The van der Waals surface area contributed by atoms with E-state index < -0.39 is 6.23 Å². The fourth-order valence-electron chi connectivity index (χ4n) is 3.72. The first kappa shape index (κ1) is 23.9. The Bertz CT molecular complexity index is 864. The van der Waals surface area contributed by atoms with Crippen molar-refractivity contribution in [3.8, 4) is 0 Å². The molecular weight excluding hydrogens is 402 g/mol. The molecule has 1 fully saturated rings. The number of nitrogens with zero attached hydrogens (tertiary/aromatic N) is 2. The molecular formula is C24H35N7O. The van der Waals surface area contributed by atoms with Crippen molar-refractivity contribution < 1.29 is 4.74 Å². The molecule has 0 saturated carbocycles. The summed E-state index contributed by atoms with van der Waals surface area (Å²) < 4.78 is 5.24. The minimum absolute atomic E-state index is 0.0531. The second-order valence-corrected chi connectivity index (χ2v) is 8.12. The van der Waals surface area contributed by atoms with E-state index in [1.807, 2.05) is 54.9 Å². The Hall–Kier alpha value is -2.78. The summed E-state index contributed by atoms with van der Waals surface area (Å²) in [5, 5.41) is 14.6. The molecule has 1 aliphatic rings. The molecule has 0 spiro atoms. The first-order valence-corrected chi connectivity index (χ1v) is 11.2. The summed E-state index contributed by atoms with van der Waals surface area (Å²) in [5.41, 5.74) is 14.5. The third-order valence-electron chi connectivity index (χ3n) is 5.41. The van der Waals surface area contributed by atoms with Gasteiger partial charge in [-0.15, -0.1) is 0 Å². The number of nitrogens with one attached hydrogen (secondary N) is 3. The number of rotatable bonds is 10. The van der Waals surface area contributed by atoms with Crippen molar-refractivity contribution in [1.82, 2.24) is 15.2 Å². The molecule has 1 aromatic heterocycles. The standard InChI is InChI=1S/C24H35N7O/c1-18(25)32-24(27)19-5-4-7-22(17-19)29-13-8-23(26)30-21-10-15-31(16-11-21)14-9-20-6-2-3-12-28-20/h2-8,12-13,17-18,21,23,27,29-30H,9-11,14-16,25-26H2,1H3/b13-8-,27-24?. The molecule has 8 nitrogen and oxygen atoms in total. The average molecular weight is 438 g/mol. The lowest BCUT2D eigenvalue weighted by Crippen LogP contribution is -2.48. The fraction of sp³-hybridized carbons (Fsp3) is 0.417. The number of hydrogen-bond acceptors (Lipinski definition) is 8. The topological polar surface area (TPSA) is 125 Å². The van der Waals surface area contributed by atoms with Gasteiger partial charge in [0.15, 0.2) is 0 Å². The fourth-order valence-corrected chi connectivity index (χ4v) is 3.72. The molecule has 0 amide bonds. The number of piperidine rings is 1. The Morgan fingerprint density at radius 2 is 2.06 bits per heavy atom. The first-order chi connectivity index (χ1) is 15.5. The zero-order chi connectivity index (χ0) is 22.8. The van der Waals surface area contributed by atoms with Crippen LogP contribution in [0.2, 0.25) is 0 Å². The van der Waals surface area contributed by atoms with Crippen LogP contribution < -0.4 is 22.1 Å². The summed E-state index contributed by atoms with van der Waals surface area (Å²) in [6, 6.07) is 13.9. The molecule has 1 saturated heterocycles. The third-order valence-corrected chi connectivity index (χ3v) is 5.41. The normalized spacial score (nSPS) is 17.2. The number of ether oxygens (including phenoxy) is 1. The number of anilines is 1. The largest absolute Gasteiger partial charge is 0.459 e. The molecule has 1 aliphatic heterocycles. The highest BCUT2D eigenvalue weighted by atomic mass is 16.5. The summed E-state index contributed by atoms with van der Waals surface area (Å²) in [7, 11) is 0. The molecule has 32 heavy (non-hydrogen) atoms. The Labute approximate surface area is 190 Å². The van der Waals surface area contributed by atoms with E-state index in [0.29, 0.717) is 11.6 Å². The van der Waals surface area contributed by atoms with E-state index in [2.05, 4.69) is 26.6 Å². The zero-order valence-corrected chi connectivity index (χ0v) is 18.7. The van der Waals surface area contributed by atoms with Gasteiger partial charge in [-0.2, -0.15) is 0 Å². The van der Waals surface area contributed by atoms with E-state index in [1.165, 1.54) is 0 Å². The van der Waals surface area contributed by atoms with Crippen LogP contribution in [0.25, 0.3) is 0 Å². The van der Waals surface area contributed by atoms with E-state index in [9.17, 15) is 0 Å². The van der Waals surface area contributed by atoms with Gasteiger partial charge in [0.2, 0.25) is 5.90 Å². The van der Waals surface area contributed by atoms with Gasteiger partial charge in [-0.25, -0.2) is 0 Å². The van der Waals surface area contributed by atoms with Crippen LogP contribution >= 0.6 is 0 Å². The van der Waals surface area contributed by atoms with Crippen LogP contribution in [0.15, 0.2) is 60.9 Å². The molecule has 3 rings (SSSR count). The van der Waals surface area contributed by atoms with Crippen molar-refractivity contribution in [3.05, 3.63) is 72.2 Å². The van der Waals surface area contributed by atoms with Crippen molar-refractivity contribution in [2.45, 2.75) is 44.6 Å². The quantitative estimate of drug-likeness (QED) is 0.219. The minimum atomic E-state index is -0.518.